The van der Waals surface area contributed by atoms with Crippen LogP contribution in [-0.4, -0.2) is 52.3 Å². The lowest BCUT2D eigenvalue weighted by Crippen LogP contribution is -2.39. The van der Waals surface area contributed by atoms with Gasteiger partial charge in [-0.05, 0) is 30.4 Å². The second-order valence-electron chi connectivity index (χ2n) is 4.36. The highest BCUT2D eigenvalue weighted by Crippen LogP contribution is 2.27. The Labute approximate surface area is 154 Å². The molecule has 0 aliphatic carbocycles. The number of thioether (sulfide) groups is 1. The number of aliphatic imine (C=N–C) groups is 1. The molecule has 5 nitrogen and oxygen atoms in total. The van der Waals surface area contributed by atoms with Crippen LogP contribution in [0.4, 0.5) is 0 Å². The minimum absolute atomic E-state index is 0. The zero-order valence-electron chi connectivity index (χ0n) is 13.6. The van der Waals surface area contributed by atoms with Gasteiger partial charge in [0.2, 0.25) is 0 Å². The summed E-state index contributed by atoms with van der Waals surface area (Å²) in [5, 5.41) is 6.57. The molecule has 0 bridgehead atoms. The average molecular weight is 439 g/mol. The summed E-state index contributed by atoms with van der Waals surface area (Å²) in [5.74, 6) is 3.42. The highest BCUT2D eigenvalue weighted by atomic mass is 127. The topological polar surface area (TPSA) is 54.9 Å². The van der Waals surface area contributed by atoms with E-state index < -0.39 is 0 Å². The summed E-state index contributed by atoms with van der Waals surface area (Å²) in [7, 11) is 5.07. The molecule has 0 aliphatic heterocycles. The molecule has 0 fully saturated rings. The predicted molar refractivity (Wildman–Crippen MR) is 106 cm³/mol. The molecule has 0 saturated heterocycles. The molecule has 7 heteroatoms. The Hall–Kier alpha value is -0.830. The van der Waals surface area contributed by atoms with Crippen molar-refractivity contribution in [3.8, 4) is 11.5 Å². The minimum atomic E-state index is 0. The molecule has 126 valence electrons. The van der Waals surface area contributed by atoms with Gasteiger partial charge in [0.25, 0.3) is 0 Å². The number of methoxy groups -OCH3 is 2. The molecule has 1 rings (SSSR count). The first-order valence-corrected chi connectivity index (χ1v) is 8.29. The number of halogens is 1. The summed E-state index contributed by atoms with van der Waals surface area (Å²) < 4.78 is 10.5. The smallest absolute Gasteiger partial charge is 0.191 e. The average Bonchev–Trinajstić information content (AvgIpc) is 2.53. The van der Waals surface area contributed by atoms with E-state index in [2.05, 4.69) is 21.9 Å². The second kappa shape index (κ2) is 12.7. The predicted octanol–water partition coefficient (Wildman–Crippen LogP) is 2.39. The summed E-state index contributed by atoms with van der Waals surface area (Å²) in [6.45, 7) is 1.73. The Bertz CT molecular complexity index is 458. The van der Waals surface area contributed by atoms with Crippen molar-refractivity contribution in [3.63, 3.8) is 0 Å². The van der Waals surface area contributed by atoms with Gasteiger partial charge >= 0.3 is 0 Å². The molecule has 1 aromatic rings. The fourth-order valence-corrected chi connectivity index (χ4v) is 2.16. The van der Waals surface area contributed by atoms with Crippen molar-refractivity contribution in [2.45, 2.75) is 6.42 Å². The highest BCUT2D eigenvalue weighted by Gasteiger charge is 2.04. The van der Waals surface area contributed by atoms with Crippen LogP contribution in [0.5, 0.6) is 11.5 Å². The third-order valence-corrected chi connectivity index (χ3v) is 3.59. The Morgan fingerprint density at radius 2 is 1.82 bits per heavy atom. The van der Waals surface area contributed by atoms with Crippen LogP contribution in [0, 0.1) is 0 Å². The first-order chi connectivity index (χ1) is 10.2. The standard InChI is InChI=1S/C15H25N3O2S.HI/c1-16-15(18-9-10-21-4)17-8-7-12-5-6-13(19-2)14(11-12)20-3;/h5-6,11H,7-10H2,1-4H3,(H2,16,17,18);1H. The van der Waals surface area contributed by atoms with E-state index in [1.165, 1.54) is 5.56 Å². The molecule has 2 N–H and O–H groups in total. The molecule has 0 radical (unpaired) electrons. The molecular formula is C15H26IN3O2S. The van der Waals surface area contributed by atoms with Crippen molar-refractivity contribution in [2.75, 3.05) is 46.4 Å². The van der Waals surface area contributed by atoms with E-state index in [9.17, 15) is 0 Å². The van der Waals surface area contributed by atoms with Crippen molar-refractivity contribution in [1.82, 2.24) is 10.6 Å². The molecule has 0 atom stereocenters. The lowest BCUT2D eigenvalue weighted by atomic mass is 10.1. The van der Waals surface area contributed by atoms with Gasteiger partial charge in [0.1, 0.15) is 0 Å². The van der Waals surface area contributed by atoms with Gasteiger partial charge in [-0.3, -0.25) is 4.99 Å². The van der Waals surface area contributed by atoms with E-state index >= 15 is 0 Å². The second-order valence-corrected chi connectivity index (χ2v) is 5.34. The van der Waals surface area contributed by atoms with Crippen LogP contribution in [0.25, 0.3) is 0 Å². The third kappa shape index (κ3) is 7.44. The van der Waals surface area contributed by atoms with Crippen LogP contribution in [0.15, 0.2) is 23.2 Å². The fraction of sp³-hybridized carbons (Fsp3) is 0.533. The summed E-state index contributed by atoms with van der Waals surface area (Å²) in [4.78, 5) is 4.19. The SMILES string of the molecule is CN=C(NCCSC)NCCc1ccc(OC)c(OC)c1.I. The number of nitrogens with one attached hydrogen (secondary N) is 2. The van der Waals surface area contributed by atoms with Gasteiger partial charge < -0.3 is 20.1 Å². The molecule has 0 unspecified atom stereocenters. The van der Waals surface area contributed by atoms with Crippen LogP contribution in [0.3, 0.4) is 0 Å². The van der Waals surface area contributed by atoms with Gasteiger partial charge in [-0.15, -0.1) is 24.0 Å². The van der Waals surface area contributed by atoms with Crippen molar-refractivity contribution in [3.05, 3.63) is 23.8 Å². The van der Waals surface area contributed by atoms with Crippen molar-refractivity contribution in [1.29, 1.82) is 0 Å². The normalized spacial score (nSPS) is 10.6. The first-order valence-electron chi connectivity index (χ1n) is 6.89. The summed E-state index contributed by atoms with van der Waals surface area (Å²) in [6.07, 6.45) is 2.98. The highest BCUT2D eigenvalue weighted by molar-refractivity contribution is 14.0. The van der Waals surface area contributed by atoms with Crippen molar-refractivity contribution < 1.29 is 9.47 Å². The van der Waals surface area contributed by atoms with E-state index in [1.54, 1.807) is 21.3 Å². The molecule has 0 amide bonds. The number of hydrogen-bond donors (Lipinski definition) is 2. The lowest BCUT2D eigenvalue weighted by Gasteiger charge is -2.12. The van der Waals surface area contributed by atoms with E-state index in [1.807, 2.05) is 30.0 Å². The summed E-state index contributed by atoms with van der Waals surface area (Å²) in [5.41, 5.74) is 1.19. The zero-order valence-corrected chi connectivity index (χ0v) is 16.8. The fourth-order valence-electron chi connectivity index (χ4n) is 1.85. The number of benzene rings is 1. The van der Waals surface area contributed by atoms with Gasteiger partial charge in [-0.2, -0.15) is 11.8 Å². The van der Waals surface area contributed by atoms with Crippen LogP contribution < -0.4 is 20.1 Å². The zero-order chi connectivity index (χ0) is 15.5. The minimum Gasteiger partial charge on any atom is -0.493 e. The Kier molecular flexibility index (Phi) is 12.2. The quantitative estimate of drug-likeness (QED) is 0.282. The molecule has 0 heterocycles. The Morgan fingerprint density at radius 1 is 1.14 bits per heavy atom. The van der Waals surface area contributed by atoms with Gasteiger partial charge in [0.15, 0.2) is 17.5 Å². The number of nitrogens with zero attached hydrogens (tertiary/aromatic N) is 1. The first kappa shape index (κ1) is 21.2. The number of hydrogen-bond acceptors (Lipinski definition) is 4. The van der Waals surface area contributed by atoms with Crippen molar-refractivity contribution in [2.24, 2.45) is 4.99 Å². The van der Waals surface area contributed by atoms with E-state index in [0.29, 0.717) is 0 Å². The molecule has 22 heavy (non-hydrogen) atoms. The number of guanidine groups is 1. The Balaban J connectivity index is 0.00000441. The molecule has 1 aromatic carbocycles. The van der Waals surface area contributed by atoms with Gasteiger partial charge in [-0.1, -0.05) is 6.07 Å². The largest absolute Gasteiger partial charge is 0.493 e. The van der Waals surface area contributed by atoms with E-state index in [-0.39, 0.29) is 24.0 Å². The summed E-state index contributed by atoms with van der Waals surface area (Å²) in [6, 6.07) is 5.98. The maximum atomic E-state index is 5.31. The van der Waals surface area contributed by atoms with E-state index in [0.717, 1.165) is 42.7 Å². The lowest BCUT2D eigenvalue weighted by molar-refractivity contribution is 0.354. The third-order valence-electron chi connectivity index (χ3n) is 2.98. The van der Waals surface area contributed by atoms with Gasteiger partial charge in [-0.25, -0.2) is 0 Å². The number of rotatable bonds is 8. The molecule has 0 saturated carbocycles. The van der Waals surface area contributed by atoms with Crippen LogP contribution >= 0.6 is 35.7 Å². The van der Waals surface area contributed by atoms with Gasteiger partial charge in [0, 0.05) is 25.9 Å². The monoisotopic (exact) mass is 439 g/mol. The molecule has 0 spiro atoms. The van der Waals surface area contributed by atoms with E-state index in [4.69, 9.17) is 9.47 Å². The summed E-state index contributed by atoms with van der Waals surface area (Å²) >= 11 is 1.81. The molecule has 0 aliphatic rings. The molecule has 0 aromatic heterocycles. The van der Waals surface area contributed by atoms with Gasteiger partial charge in [0.05, 0.1) is 14.2 Å². The van der Waals surface area contributed by atoms with Crippen LogP contribution in [-0.2, 0) is 6.42 Å². The maximum absolute atomic E-state index is 5.31. The number of ether oxygens (including phenoxy) is 2. The van der Waals surface area contributed by atoms with Crippen LogP contribution in [0.1, 0.15) is 5.56 Å². The van der Waals surface area contributed by atoms with Crippen molar-refractivity contribution >= 4 is 41.7 Å². The Morgan fingerprint density at radius 3 is 2.41 bits per heavy atom. The molecular weight excluding hydrogens is 413 g/mol. The van der Waals surface area contributed by atoms with Crippen LogP contribution in [0.2, 0.25) is 0 Å². The maximum Gasteiger partial charge on any atom is 0.191 e.